The summed E-state index contributed by atoms with van der Waals surface area (Å²) in [5.41, 5.74) is 0.916. The Bertz CT molecular complexity index is 385. The van der Waals surface area contributed by atoms with Crippen LogP contribution in [0.25, 0.3) is 0 Å². The second kappa shape index (κ2) is 3.88. The zero-order valence-electron chi connectivity index (χ0n) is 8.60. The molecule has 0 amide bonds. The molecule has 0 bridgehead atoms. The van der Waals surface area contributed by atoms with Gasteiger partial charge in [0.25, 0.3) is 5.69 Å². The molecule has 0 atom stereocenters. The average Bonchev–Trinajstić information content (AvgIpc) is 3.01. The average molecular weight is 207 g/mol. The van der Waals surface area contributed by atoms with Crippen LogP contribution in [0.4, 0.5) is 5.69 Å². The van der Waals surface area contributed by atoms with Crippen LogP contribution in [0.15, 0.2) is 18.2 Å². The molecule has 1 aromatic rings. The molecule has 0 unspecified atom stereocenters. The first-order chi connectivity index (χ1) is 7.20. The molecule has 15 heavy (non-hydrogen) atoms. The normalized spacial score (nSPS) is 15.0. The van der Waals surface area contributed by atoms with E-state index in [1.807, 2.05) is 6.92 Å². The van der Waals surface area contributed by atoms with Gasteiger partial charge in [0, 0.05) is 11.6 Å². The van der Waals surface area contributed by atoms with Crippen molar-refractivity contribution in [1.29, 1.82) is 0 Å². The Morgan fingerprint density at radius 1 is 1.53 bits per heavy atom. The molecule has 0 N–H and O–H groups in total. The van der Waals surface area contributed by atoms with E-state index in [2.05, 4.69) is 0 Å². The van der Waals surface area contributed by atoms with Gasteiger partial charge in [-0.1, -0.05) is 6.92 Å². The van der Waals surface area contributed by atoms with E-state index in [4.69, 9.17) is 4.74 Å². The van der Waals surface area contributed by atoms with Crippen LogP contribution in [0.1, 0.15) is 25.3 Å². The predicted molar refractivity (Wildman–Crippen MR) is 56.1 cm³/mol. The lowest BCUT2D eigenvalue weighted by Gasteiger charge is -2.06. The first kappa shape index (κ1) is 9.96. The van der Waals surface area contributed by atoms with Crippen LogP contribution >= 0.6 is 0 Å². The number of benzene rings is 1. The van der Waals surface area contributed by atoms with Crippen LogP contribution < -0.4 is 4.74 Å². The summed E-state index contributed by atoms with van der Waals surface area (Å²) in [7, 11) is 0. The van der Waals surface area contributed by atoms with Gasteiger partial charge in [-0.2, -0.15) is 0 Å². The van der Waals surface area contributed by atoms with Crippen molar-refractivity contribution >= 4 is 5.69 Å². The molecule has 0 heterocycles. The van der Waals surface area contributed by atoms with Crippen molar-refractivity contribution < 1.29 is 9.66 Å². The molecule has 0 radical (unpaired) electrons. The van der Waals surface area contributed by atoms with E-state index in [1.54, 1.807) is 12.1 Å². The lowest BCUT2D eigenvalue weighted by atomic mass is 10.1. The van der Waals surface area contributed by atoms with Gasteiger partial charge >= 0.3 is 0 Å². The highest BCUT2D eigenvalue weighted by molar-refractivity contribution is 5.45. The van der Waals surface area contributed by atoms with Gasteiger partial charge in [-0.3, -0.25) is 10.1 Å². The standard InChI is InChI=1S/C11H13NO3/c1-2-8-7-10(15-9-3-4-9)5-6-11(8)12(13)14/h5-7,9H,2-4H2,1H3. The molecule has 0 aromatic heterocycles. The van der Waals surface area contributed by atoms with Gasteiger partial charge in [-0.15, -0.1) is 0 Å². The lowest BCUT2D eigenvalue weighted by molar-refractivity contribution is -0.385. The maximum atomic E-state index is 10.7. The largest absolute Gasteiger partial charge is 0.490 e. The van der Waals surface area contributed by atoms with Crippen LogP contribution in [-0.2, 0) is 6.42 Å². The molecule has 1 aliphatic carbocycles. The number of nitrogens with zero attached hydrogens (tertiary/aromatic N) is 1. The molecule has 1 saturated carbocycles. The molecular weight excluding hydrogens is 194 g/mol. The van der Waals surface area contributed by atoms with E-state index >= 15 is 0 Å². The molecule has 2 rings (SSSR count). The van der Waals surface area contributed by atoms with Crippen molar-refractivity contribution in [3.63, 3.8) is 0 Å². The number of nitro groups is 1. The summed E-state index contributed by atoms with van der Waals surface area (Å²) < 4.78 is 5.58. The Kier molecular flexibility index (Phi) is 2.58. The number of hydrogen-bond donors (Lipinski definition) is 0. The molecule has 1 fully saturated rings. The first-order valence-corrected chi connectivity index (χ1v) is 5.14. The van der Waals surface area contributed by atoms with Crippen LogP contribution in [0.5, 0.6) is 5.75 Å². The fourth-order valence-electron chi connectivity index (χ4n) is 1.47. The summed E-state index contributed by atoms with van der Waals surface area (Å²) in [6.45, 7) is 1.91. The highest BCUT2D eigenvalue weighted by Crippen LogP contribution is 2.30. The van der Waals surface area contributed by atoms with Crippen molar-refractivity contribution in [2.75, 3.05) is 0 Å². The van der Waals surface area contributed by atoms with Gasteiger partial charge in [0.1, 0.15) is 5.75 Å². The third kappa shape index (κ3) is 2.26. The number of nitro benzene ring substituents is 1. The van der Waals surface area contributed by atoms with Crippen molar-refractivity contribution in [2.24, 2.45) is 0 Å². The molecule has 0 spiro atoms. The minimum absolute atomic E-state index is 0.181. The highest BCUT2D eigenvalue weighted by atomic mass is 16.6. The monoisotopic (exact) mass is 207 g/mol. The van der Waals surface area contributed by atoms with Gasteiger partial charge in [-0.25, -0.2) is 0 Å². The Morgan fingerprint density at radius 2 is 2.27 bits per heavy atom. The first-order valence-electron chi connectivity index (χ1n) is 5.14. The smallest absolute Gasteiger partial charge is 0.272 e. The van der Waals surface area contributed by atoms with Crippen LogP contribution in [0.2, 0.25) is 0 Å². The molecule has 80 valence electrons. The summed E-state index contributed by atoms with van der Waals surface area (Å²) in [5.74, 6) is 0.750. The Hall–Kier alpha value is -1.58. The van der Waals surface area contributed by atoms with Crippen molar-refractivity contribution in [2.45, 2.75) is 32.3 Å². The van der Waals surface area contributed by atoms with E-state index in [0.717, 1.165) is 24.2 Å². The van der Waals surface area contributed by atoms with Crippen LogP contribution in [0, 0.1) is 10.1 Å². The molecule has 1 aromatic carbocycles. The van der Waals surface area contributed by atoms with Gasteiger partial charge < -0.3 is 4.74 Å². The van der Waals surface area contributed by atoms with E-state index in [0.29, 0.717) is 12.5 Å². The summed E-state index contributed by atoms with van der Waals surface area (Å²) in [5, 5.41) is 10.7. The summed E-state index contributed by atoms with van der Waals surface area (Å²) in [6.07, 6.45) is 3.17. The highest BCUT2D eigenvalue weighted by Gasteiger charge is 2.24. The maximum Gasteiger partial charge on any atom is 0.272 e. The number of rotatable bonds is 4. The fraction of sp³-hybridized carbons (Fsp3) is 0.455. The van der Waals surface area contributed by atoms with Crippen LogP contribution in [-0.4, -0.2) is 11.0 Å². The zero-order chi connectivity index (χ0) is 10.8. The minimum atomic E-state index is -0.347. The van der Waals surface area contributed by atoms with Gasteiger partial charge in [0.05, 0.1) is 11.0 Å². The zero-order valence-corrected chi connectivity index (χ0v) is 8.60. The summed E-state index contributed by atoms with van der Waals surface area (Å²) in [6, 6.07) is 4.97. The molecule has 0 saturated heterocycles. The third-order valence-electron chi connectivity index (χ3n) is 2.46. The second-order valence-corrected chi connectivity index (χ2v) is 3.72. The lowest BCUT2D eigenvalue weighted by Crippen LogP contribution is -1.99. The van der Waals surface area contributed by atoms with Gasteiger partial charge in [0.2, 0.25) is 0 Å². The third-order valence-corrected chi connectivity index (χ3v) is 2.46. The molecule has 1 aliphatic rings. The fourth-order valence-corrected chi connectivity index (χ4v) is 1.47. The predicted octanol–water partition coefficient (Wildman–Crippen LogP) is 2.70. The van der Waals surface area contributed by atoms with E-state index in [1.165, 1.54) is 6.07 Å². The molecule has 0 aliphatic heterocycles. The summed E-state index contributed by atoms with van der Waals surface area (Å²) >= 11 is 0. The number of aryl methyl sites for hydroxylation is 1. The van der Waals surface area contributed by atoms with E-state index < -0.39 is 0 Å². The van der Waals surface area contributed by atoms with E-state index in [-0.39, 0.29) is 10.6 Å². The Morgan fingerprint density at radius 3 is 2.80 bits per heavy atom. The van der Waals surface area contributed by atoms with Gasteiger partial charge in [-0.05, 0) is 31.4 Å². The maximum absolute atomic E-state index is 10.7. The number of ether oxygens (including phenoxy) is 1. The Labute approximate surface area is 88.0 Å². The quantitative estimate of drug-likeness (QED) is 0.563. The van der Waals surface area contributed by atoms with Crippen LogP contribution in [0.3, 0.4) is 0 Å². The number of hydrogen-bond acceptors (Lipinski definition) is 3. The van der Waals surface area contributed by atoms with Crippen molar-refractivity contribution in [3.05, 3.63) is 33.9 Å². The SMILES string of the molecule is CCc1cc(OC2CC2)ccc1[N+](=O)[O-]. The van der Waals surface area contributed by atoms with Gasteiger partial charge in [0.15, 0.2) is 0 Å². The second-order valence-electron chi connectivity index (χ2n) is 3.72. The molecular formula is C11H13NO3. The topological polar surface area (TPSA) is 52.4 Å². The van der Waals surface area contributed by atoms with Crippen molar-refractivity contribution in [3.8, 4) is 5.75 Å². The summed E-state index contributed by atoms with van der Waals surface area (Å²) in [4.78, 5) is 10.3. The molecule has 4 nitrogen and oxygen atoms in total. The Balaban J connectivity index is 2.24. The molecule has 4 heteroatoms. The van der Waals surface area contributed by atoms with E-state index in [9.17, 15) is 10.1 Å². The minimum Gasteiger partial charge on any atom is -0.490 e. The van der Waals surface area contributed by atoms with Crippen molar-refractivity contribution in [1.82, 2.24) is 0 Å².